The van der Waals surface area contributed by atoms with Gasteiger partial charge in [-0.3, -0.25) is 4.79 Å². The number of nitrogens with zero attached hydrogens (tertiary/aromatic N) is 2. The van der Waals surface area contributed by atoms with E-state index in [4.69, 9.17) is 10.00 Å². The first-order valence-electron chi connectivity index (χ1n) is 5.02. The average Bonchev–Trinajstić information content (AvgIpc) is 2.30. The maximum atomic E-state index is 12.7. The summed E-state index contributed by atoms with van der Waals surface area (Å²) in [4.78, 5) is 15.1. The van der Waals surface area contributed by atoms with Crippen LogP contribution < -0.4 is 0 Å². The Morgan fingerprint density at radius 1 is 1.67 bits per heavy atom. The third-order valence-corrected chi connectivity index (χ3v) is 2.93. The molecular weight excluding hydrogens is 357 g/mol. The van der Waals surface area contributed by atoms with Crippen LogP contribution in [-0.4, -0.2) is 17.6 Å². The van der Waals surface area contributed by atoms with Gasteiger partial charge in [-0.05, 0) is 35.6 Å². The molecule has 1 rings (SSSR count). The van der Waals surface area contributed by atoms with E-state index < -0.39 is 12.4 Å². The molecule has 0 unspecified atom stereocenters. The largest absolute Gasteiger partial charge is 0.466 e. The van der Waals surface area contributed by atoms with Gasteiger partial charge in [-0.15, -0.1) is 0 Å². The summed E-state index contributed by atoms with van der Waals surface area (Å²) in [6, 6.07) is 2.92. The highest BCUT2D eigenvalue weighted by Gasteiger charge is 2.18. The van der Waals surface area contributed by atoms with Crippen LogP contribution in [0.3, 0.4) is 0 Å². The molecule has 0 bridgehead atoms. The molecule has 0 aliphatic heterocycles. The Labute approximate surface area is 116 Å². The summed E-state index contributed by atoms with van der Waals surface area (Å²) >= 11 is 1.63. The fourth-order valence-electron chi connectivity index (χ4n) is 1.30. The van der Waals surface area contributed by atoms with Crippen molar-refractivity contribution in [3.8, 4) is 6.07 Å². The Kier molecular flexibility index (Phi) is 5.40. The van der Waals surface area contributed by atoms with Crippen LogP contribution in [0.2, 0.25) is 0 Å². The van der Waals surface area contributed by atoms with Gasteiger partial charge in [0.05, 0.1) is 18.6 Å². The molecule has 0 amide bonds. The quantitative estimate of drug-likeness (QED) is 0.467. The van der Waals surface area contributed by atoms with E-state index in [1.54, 1.807) is 35.6 Å². The zero-order valence-corrected chi connectivity index (χ0v) is 11.6. The summed E-state index contributed by atoms with van der Waals surface area (Å²) in [5.74, 6) is -0.572. The summed E-state index contributed by atoms with van der Waals surface area (Å²) in [6.07, 6.45) is -2.93. The number of carbonyl (C=O) groups is 1. The van der Waals surface area contributed by atoms with Crippen molar-refractivity contribution in [2.24, 2.45) is 0 Å². The highest BCUT2D eigenvalue weighted by atomic mass is 127. The number of hydrogen-bond donors (Lipinski definition) is 0. The second kappa shape index (κ2) is 6.58. The summed E-state index contributed by atoms with van der Waals surface area (Å²) in [6.45, 7) is 1.83. The molecule has 0 saturated carbocycles. The lowest BCUT2D eigenvalue weighted by molar-refractivity contribution is -0.142. The van der Waals surface area contributed by atoms with Crippen LogP contribution in [0.15, 0.2) is 6.07 Å². The number of aromatic nitrogens is 1. The number of pyridine rings is 1. The highest BCUT2D eigenvalue weighted by Crippen LogP contribution is 2.25. The maximum absolute atomic E-state index is 12.7. The lowest BCUT2D eigenvalue weighted by Gasteiger charge is -2.08. The molecule has 1 heterocycles. The van der Waals surface area contributed by atoms with Gasteiger partial charge in [0, 0.05) is 5.56 Å². The highest BCUT2D eigenvalue weighted by molar-refractivity contribution is 14.1. The van der Waals surface area contributed by atoms with Crippen LogP contribution in [-0.2, 0) is 16.0 Å². The molecule has 0 aromatic carbocycles. The van der Waals surface area contributed by atoms with Crippen molar-refractivity contribution in [2.75, 3.05) is 6.61 Å². The van der Waals surface area contributed by atoms with Gasteiger partial charge in [0.15, 0.2) is 0 Å². The molecule has 0 atom stereocenters. The van der Waals surface area contributed by atoms with Crippen molar-refractivity contribution in [2.45, 2.75) is 19.8 Å². The van der Waals surface area contributed by atoms with Gasteiger partial charge in [0.25, 0.3) is 6.43 Å². The number of nitriles is 1. The van der Waals surface area contributed by atoms with E-state index in [2.05, 4.69) is 4.98 Å². The molecule has 1 aromatic heterocycles. The van der Waals surface area contributed by atoms with Gasteiger partial charge in [-0.2, -0.15) is 5.26 Å². The monoisotopic (exact) mass is 366 g/mol. The molecule has 0 saturated heterocycles. The molecule has 0 aliphatic rings. The third-order valence-electron chi connectivity index (χ3n) is 2.06. The standard InChI is InChI=1S/C11H9F2IN2O2/c1-2-18-9(17)4-6-3-7(10(12)13)11(14)16-8(6)5-15/h3,10H,2,4H2,1H3. The molecular formula is C11H9F2IN2O2. The first kappa shape index (κ1) is 14.8. The molecule has 1 aromatic rings. The Balaban J connectivity index is 3.13. The topological polar surface area (TPSA) is 63.0 Å². The van der Waals surface area contributed by atoms with Crippen LogP contribution in [0.25, 0.3) is 0 Å². The number of ether oxygens (including phenoxy) is 1. The van der Waals surface area contributed by atoms with E-state index >= 15 is 0 Å². The Hall–Kier alpha value is -1.30. The second-order valence-electron chi connectivity index (χ2n) is 3.27. The number of carbonyl (C=O) groups excluding carboxylic acids is 1. The molecule has 0 aliphatic carbocycles. The molecule has 0 spiro atoms. The normalized spacial score (nSPS) is 10.2. The maximum Gasteiger partial charge on any atom is 0.310 e. The van der Waals surface area contributed by atoms with Gasteiger partial charge in [-0.25, -0.2) is 13.8 Å². The number of halogens is 3. The zero-order chi connectivity index (χ0) is 13.7. The summed E-state index contributed by atoms with van der Waals surface area (Å²) in [5.41, 5.74) is -0.155. The number of esters is 1. The fourth-order valence-corrected chi connectivity index (χ4v) is 1.93. The van der Waals surface area contributed by atoms with E-state index in [1.165, 1.54) is 0 Å². The summed E-state index contributed by atoms with van der Waals surface area (Å²) < 4.78 is 30.1. The summed E-state index contributed by atoms with van der Waals surface area (Å²) in [5, 5.41) is 8.86. The van der Waals surface area contributed by atoms with E-state index in [-0.39, 0.29) is 33.5 Å². The lowest BCUT2D eigenvalue weighted by atomic mass is 10.1. The van der Waals surface area contributed by atoms with E-state index in [1.807, 2.05) is 0 Å². The van der Waals surface area contributed by atoms with Gasteiger partial charge in [-0.1, -0.05) is 0 Å². The number of alkyl halides is 2. The van der Waals surface area contributed by atoms with E-state index in [9.17, 15) is 13.6 Å². The Morgan fingerprint density at radius 2 is 2.33 bits per heavy atom. The number of hydrogen-bond acceptors (Lipinski definition) is 4. The fraction of sp³-hybridized carbons (Fsp3) is 0.364. The Morgan fingerprint density at radius 3 is 2.83 bits per heavy atom. The van der Waals surface area contributed by atoms with E-state index in [0.29, 0.717) is 0 Å². The predicted octanol–water partition coefficient (Wildman–Crippen LogP) is 2.60. The van der Waals surface area contributed by atoms with Crippen molar-refractivity contribution in [3.63, 3.8) is 0 Å². The van der Waals surface area contributed by atoms with Crippen molar-refractivity contribution < 1.29 is 18.3 Å². The smallest absolute Gasteiger partial charge is 0.310 e. The second-order valence-corrected chi connectivity index (χ2v) is 4.29. The first-order chi connectivity index (χ1) is 8.49. The first-order valence-corrected chi connectivity index (χ1v) is 6.10. The van der Waals surface area contributed by atoms with Crippen LogP contribution in [0.5, 0.6) is 0 Å². The third kappa shape index (κ3) is 3.60. The molecule has 96 valence electrons. The van der Waals surface area contributed by atoms with Gasteiger partial charge in [0.1, 0.15) is 15.5 Å². The van der Waals surface area contributed by atoms with Crippen LogP contribution in [0.1, 0.15) is 30.2 Å². The predicted molar refractivity (Wildman–Crippen MR) is 67.0 cm³/mol. The Bertz CT molecular complexity index is 501. The molecule has 0 N–H and O–H groups in total. The van der Waals surface area contributed by atoms with Gasteiger partial charge < -0.3 is 4.74 Å². The average molecular weight is 366 g/mol. The summed E-state index contributed by atoms with van der Waals surface area (Å²) in [7, 11) is 0. The molecule has 0 fully saturated rings. The van der Waals surface area contributed by atoms with Gasteiger partial charge >= 0.3 is 5.97 Å². The molecule has 7 heteroatoms. The molecule has 0 radical (unpaired) electrons. The zero-order valence-electron chi connectivity index (χ0n) is 9.41. The van der Waals surface area contributed by atoms with Gasteiger partial charge in [0.2, 0.25) is 0 Å². The lowest BCUT2D eigenvalue weighted by Crippen LogP contribution is -2.11. The van der Waals surface area contributed by atoms with Crippen molar-refractivity contribution >= 4 is 28.6 Å². The molecule has 18 heavy (non-hydrogen) atoms. The van der Waals surface area contributed by atoms with Crippen molar-refractivity contribution in [1.82, 2.24) is 4.98 Å². The van der Waals surface area contributed by atoms with Crippen molar-refractivity contribution in [3.05, 3.63) is 26.6 Å². The van der Waals surface area contributed by atoms with E-state index in [0.717, 1.165) is 6.07 Å². The van der Waals surface area contributed by atoms with Crippen LogP contribution in [0.4, 0.5) is 8.78 Å². The minimum absolute atomic E-state index is 0.0307. The van der Waals surface area contributed by atoms with Crippen molar-refractivity contribution in [1.29, 1.82) is 5.26 Å². The SMILES string of the molecule is CCOC(=O)Cc1cc(C(F)F)c(I)nc1C#N. The van der Waals surface area contributed by atoms with Crippen LogP contribution in [0, 0.1) is 15.0 Å². The van der Waals surface area contributed by atoms with Crippen LogP contribution >= 0.6 is 22.6 Å². The number of rotatable bonds is 4. The minimum Gasteiger partial charge on any atom is -0.466 e. The minimum atomic E-state index is -2.70. The molecule has 4 nitrogen and oxygen atoms in total.